The van der Waals surface area contributed by atoms with Gasteiger partial charge in [-0.05, 0) is 38.0 Å². The SMILES string of the molecule is Cc1ccc(C)c(O[C@H](C)C(=O)NCCN2CCNC2=O)c1. The third-order valence-electron chi connectivity index (χ3n) is 3.64. The van der Waals surface area contributed by atoms with E-state index in [4.69, 9.17) is 4.74 Å². The molecule has 1 aromatic carbocycles. The van der Waals surface area contributed by atoms with Crippen molar-refractivity contribution in [3.63, 3.8) is 0 Å². The summed E-state index contributed by atoms with van der Waals surface area (Å²) < 4.78 is 5.73. The molecule has 1 aromatic rings. The maximum atomic E-state index is 12.0. The van der Waals surface area contributed by atoms with E-state index in [0.717, 1.165) is 16.9 Å². The van der Waals surface area contributed by atoms with Crippen LogP contribution in [0.15, 0.2) is 18.2 Å². The highest BCUT2D eigenvalue weighted by Crippen LogP contribution is 2.20. The minimum absolute atomic E-state index is 0.0751. The predicted molar refractivity (Wildman–Crippen MR) is 84.0 cm³/mol. The number of hydrogen-bond donors (Lipinski definition) is 2. The summed E-state index contributed by atoms with van der Waals surface area (Å²) in [5.41, 5.74) is 2.09. The summed E-state index contributed by atoms with van der Waals surface area (Å²) in [6.07, 6.45) is -0.576. The second-order valence-corrected chi connectivity index (χ2v) is 5.54. The average molecular weight is 305 g/mol. The van der Waals surface area contributed by atoms with E-state index < -0.39 is 6.10 Å². The second-order valence-electron chi connectivity index (χ2n) is 5.54. The fraction of sp³-hybridized carbons (Fsp3) is 0.500. The lowest BCUT2D eigenvalue weighted by atomic mass is 10.1. The lowest BCUT2D eigenvalue weighted by Crippen LogP contribution is -2.41. The highest BCUT2D eigenvalue weighted by molar-refractivity contribution is 5.81. The number of carbonyl (C=O) groups is 2. The van der Waals surface area contributed by atoms with Gasteiger partial charge in [0.2, 0.25) is 0 Å². The molecular weight excluding hydrogens is 282 g/mol. The lowest BCUT2D eigenvalue weighted by molar-refractivity contribution is -0.127. The van der Waals surface area contributed by atoms with E-state index in [1.54, 1.807) is 11.8 Å². The first kappa shape index (κ1) is 16.1. The third kappa shape index (κ3) is 4.13. The molecule has 0 spiro atoms. The van der Waals surface area contributed by atoms with Crippen molar-refractivity contribution in [3.05, 3.63) is 29.3 Å². The van der Waals surface area contributed by atoms with Gasteiger partial charge < -0.3 is 20.3 Å². The summed E-state index contributed by atoms with van der Waals surface area (Å²) in [4.78, 5) is 25.1. The molecule has 0 radical (unpaired) electrons. The van der Waals surface area contributed by atoms with E-state index in [1.807, 2.05) is 32.0 Å². The second kappa shape index (κ2) is 7.15. The standard InChI is InChI=1S/C16H23N3O3/c1-11-4-5-12(2)14(10-11)22-13(3)15(20)17-6-8-19-9-7-18-16(19)21/h4-5,10,13H,6-9H2,1-3H3,(H,17,20)(H,18,21)/t13-/m1/s1. The quantitative estimate of drug-likeness (QED) is 0.830. The highest BCUT2D eigenvalue weighted by atomic mass is 16.5. The molecule has 3 amide bonds. The molecular formula is C16H23N3O3. The third-order valence-corrected chi connectivity index (χ3v) is 3.64. The molecule has 0 aliphatic carbocycles. The number of ether oxygens (including phenoxy) is 1. The summed E-state index contributed by atoms with van der Waals surface area (Å²) in [5.74, 6) is 0.544. The van der Waals surface area contributed by atoms with E-state index in [1.165, 1.54) is 0 Å². The van der Waals surface area contributed by atoms with E-state index in [-0.39, 0.29) is 11.9 Å². The van der Waals surface area contributed by atoms with Crippen molar-refractivity contribution in [1.82, 2.24) is 15.5 Å². The van der Waals surface area contributed by atoms with E-state index in [0.29, 0.717) is 26.2 Å². The van der Waals surface area contributed by atoms with Crippen LogP contribution in [-0.4, -0.2) is 49.1 Å². The van der Waals surface area contributed by atoms with Gasteiger partial charge in [0, 0.05) is 26.2 Å². The van der Waals surface area contributed by atoms with E-state index >= 15 is 0 Å². The van der Waals surface area contributed by atoms with Gasteiger partial charge in [0.05, 0.1) is 0 Å². The number of amides is 3. The largest absolute Gasteiger partial charge is 0.481 e. The summed E-state index contributed by atoms with van der Waals surface area (Å²) in [7, 11) is 0. The zero-order valence-corrected chi connectivity index (χ0v) is 13.3. The number of urea groups is 1. The molecule has 0 bridgehead atoms. The summed E-state index contributed by atoms with van der Waals surface area (Å²) in [6.45, 7) is 7.94. The van der Waals surface area contributed by atoms with Crippen molar-refractivity contribution in [2.45, 2.75) is 26.9 Å². The van der Waals surface area contributed by atoms with Crippen molar-refractivity contribution in [2.24, 2.45) is 0 Å². The fourth-order valence-electron chi connectivity index (χ4n) is 2.26. The van der Waals surface area contributed by atoms with Crippen LogP contribution in [0.3, 0.4) is 0 Å². The number of aryl methyl sites for hydroxylation is 2. The maximum absolute atomic E-state index is 12.0. The van der Waals surface area contributed by atoms with Crippen molar-refractivity contribution in [1.29, 1.82) is 0 Å². The van der Waals surface area contributed by atoms with Crippen LogP contribution in [0.2, 0.25) is 0 Å². The Morgan fingerprint density at radius 2 is 2.23 bits per heavy atom. The van der Waals surface area contributed by atoms with Crippen molar-refractivity contribution >= 4 is 11.9 Å². The van der Waals surface area contributed by atoms with Gasteiger partial charge in [-0.25, -0.2) is 4.79 Å². The molecule has 1 fully saturated rings. The summed E-state index contributed by atoms with van der Waals surface area (Å²) >= 11 is 0. The van der Waals surface area contributed by atoms with Crippen LogP contribution in [0.1, 0.15) is 18.1 Å². The number of nitrogens with one attached hydrogen (secondary N) is 2. The van der Waals surface area contributed by atoms with Crippen LogP contribution >= 0.6 is 0 Å². The molecule has 1 aliphatic rings. The number of hydrogen-bond acceptors (Lipinski definition) is 3. The Balaban J connectivity index is 1.79. The molecule has 1 saturated heterocycles. The van der Waals surface area contributed by atoms with Gasteiger partial charge in [-0.2, -0.15) is 0 Å². The average Bonchev–Trinajstić information content (AvgIpc) is 2.88. The van der Waals surface area contributed by atoms with E-state index in [9.17, 15) is 9.59 Å². The zero-order valence-electron chi connectivity index (χ0n) is 13.3. The van der Waals surface area contributed by atoms with Gasteiger partial charge in [-0.1, -0.05) is 12.1 Å². The molecule has 2 rings (SSSR count). The van der Waals surface area contributed by atoms with Gasteiger partial charge in [-0.15, -0.1) is 0 Å². The van der Waals surface area contributed by atoms with Crippen molar-refractivity contribution < 1.29 is 14.3 Å². The Hall–Kier alpha value is -2.24. The Morgan fingerprint density at radius 3 is 2.91 bits per heavy atom. The fourth-order valence-corrected chi connectivity index (χ4v) is 2.26. The smallest absolute Gasteiger partial charge is 0.317 e. The molecule has 6 heteroatoms. The lowest BCUT2D eigenvalue weighted by Gasteiger charge is -2.18. The molecule has 1 atom stereocenters. The van der Waals surface area contributed by atoms with Crippen LogP contribution in [0.5, 0.6) is 5.75 Å². The maximum Gasteiger partial charge on any atom is 0.317 e. The number of carbonyl (C=O) groups excluding carboxylic acids is 2. The van der Waals surface area contributed by atoms with Gasteiger partial charge in [-0.3, -0.25) is 4.79 Å². The van der Waals surface area contributed by atoms with Gasteiger partial charge >= 0.3 is 6.03 Å². The van der Waals surface area contributed by atoms with Crippen molar-refractivity contribution in [2.75, 3.05) is 26.2 Å². The monoisotopic (exact) mass is 305 g/mol. The Labute approximate surface area is 130 Å². The Bertz CT molecular complexity index is 560. The molecule has 6 nitrogen and oxygen atoms in total. The Morgan fingerprint density at radius 1 is 1.45 bits per heavy atom. The number of nitrogens with zero attached hydrogens (tertiary/aromatic N) is 1. The van der Waals surface area contributed by atoms with Gasteiger partial charge in [0.15, 0.2) is 6.10 Å². The topological polar surface area (TPSA) is 70.7 Å². The minimum atomic E-state index is -0.576. The summed E-state index contributed by atoms with van der Waals surface area (Å²) in [6, 6.07) is 5.83. The Kier molecular flexibility index (Phi) is 5.25. The normalized spacial score (nSPS) is 15.4. The van der Waals surface area contributed by atoms with Crippen LogP contribution in [0, 0.1) is 13.8 Å². The van der Waals surface area contributed by atoms with Gasteiger partial charge in [0.1, 0.15) is 5.75 Å². The van der Waals surface area contributed by atoms with Crippen LogP contribution < -0.4 is 15.4 Å². The van der Waals surface area contributed by atoms with E-state index in [2.05, 4.69) is 10.6 Å². The van der Waals surface area contributed by atoms with Crippen LogP contribution in [0.4, 0.5) is 4.79 Å². The van der Waals surface area contributed by atoms with Gasteiger partial charge in [0.25, 0.3) is 5.91 Å². The highest BCUT2D eigenvalue weighted by Gasteiger charge is 2.20. The molecule has 1 aliphatic heterocycles. The van der Waals surface area contributed by atoms with Crippen LogP contribution in [0.25, 0.3) is 0 Å². The number of benzene rings is 1. The molecule has 0 aromatic heterocycles. The molecule has 0 saturated carbocycles. The number of rotatable bonds is 6. The first-order valence-corrected chi connectivity index (χ1v) is 7.52. The predicted octanol–water partition coefficient (Wildman–Crippen LogP) is 1.21. The molecule has 2 N–H and O–H groups in total. The molecule has 1 heterocycles. The summed E-state index contributed by atoms with van der Waals surface area (Å²) in [5, 5.41) is 5.52. The first-order valence-electron chi connectivity index (χ1n) is 7.52. The molecule has 0 unspecified atom stereocenters. The molecule has 120 valence electrons. The first-order chi connectivity index (χ1) is 10.5. The molecule has 22 heavy (non-hydrogen) atoms. The minimum Gasteiger partial charge on any atom is -0.481 e. The zero-order chi connectivity index (χ0) is 16.1. The van der Waals surface area contributed by atoms with Crippen molar-refractivity contribution in [3.8, 4) is 5.75 Å². The van der Waals surface area contributed by atoms with Crippen LogP contribution in [-0.2, 0) is 4.79 Å².